The van der Waals surface area contributed by atoms with Crippen LogP contribution in [0.5, 0.6) is 11.5 Å². The minimum atomic E-state index is 0.224. The molecule has 0 unspecified atom stereocenters. The van der Waals surface area contributed by atoms with Crippen molar-refractivity contribution in [3.8, 4) is 11.5 Å². The molecule has 1 aliphatic heterocycles. The number of rotatable bonds is 6. The molecule has 3 nitrogen and oxygen atoms in total. The number of aromatic hydroxyl groups is 1. The summed E-state index contributed by atoms with van der Waals surface area (Å²) in [5.41, 5.74) is 2.66. The van der Waals surface area contributed by atoms with Crippen molar-refractivity contribution in [1.29, 1.82) is 0 Å². The fourth-order valence-electron chi connectivity index (χ4n) is 3.48. The van der Waals surface area contributed by atoms with Gasteiger partial charge in [-0.05, 0) is 68.5 Å². The summed E-state index contributed by atoms with van der Waals surface area (Å²) < 4.78 is 5.48. The van der Waals surface area contributed by atoms with Crippen LogP contribution in [0.25, 0.3) is 0 Å². The summed E-state index contributed by atoms with van der Waals surface area (Å²) in [6, 6.07) is 16.5. The first-order valence-electron chi connectivity index (χ1n) is 8.95. The van der Waals surface area contributed by atoms with Crippen molar-refractivity contribution >= 4 is 0 Å². The molecule has 0 spiro atoms. The third kappa shape index (κ3) is 4.51. The van der Waals surface area contributed by atoms with E-state index in [9.17, 15) is 5.11 Å². The standard InChI is InChI=1S/C21H27NO2/c1-2-24-21-15-19(8-9-20(21)23)16-22-12-10-18(11-13-22)14-17-6-4-3-5-7-17/h3-9,15,18,23H,2,10-14,16H2,1H3. The van der Waals surface area contributed by atoms with Crippen molar-refractivity contribution in [2.75, 3.05) is 19.7 Å². The summed E-state index contributed by atoms with van der Waals surface area (Å²) in [6.07, 6.45) is 3.71. The van der Waals surface area contributed by atoms with Gasteiger partial charge < -0.3 is 9.84 Å². The van der Waals surface area contributed by atoms with E-state index in [2.05, 4.69) is 35.2 Å². The quantitative estimate of drug-likeness (QED) is 0.862. The van der Waals surface area contributed by atoms with Gasteiger partial charge in [0.15, 0.2) is 11.5 Å². The monoisotopic (exact) mass is 325 g/mol. The summed E-state index contributed by atoms with van der Waals surface area (Å²) in [5.74, 6) is 1.61. The van der Waals surface area contributed by atoms with Gasteiger partial charge in [0, 0.05) is 6.54 Å². The molecule has 3 heteroatoms. The molecule has 128 valence electrons. The molecule has 0 radical (unpaired) electrons. The van der Waals surface area contributed by atoms with Crippen molar-refractivity contribution in [1.82, 2.24) is 4.90 Å². The van der Waals surface area contributed by atoms with Crippen LogP contribution < -0.4 is 4.74 Å². The third-order valence-corrected chi connectivity index (χ3v) is 4.80. The van der Waals surface area contributed by atoms with Crippen LogP contribution in [0.2, 0.25) is 0 Å². The van der Waals surface area contributed by atoms with Crippen molar-refractivity contribution in [3.63, 3.8) is 0 Å². The van der Waals surface area contributed by atoms with Crippen molar-refractivity contribution in [2.24, 2.45) is 5.92 Å². The Bertz CT molecular complexity index is 634. The molecule has 2 aromatic rings. The summed E-state index contributed by atoms with van der Waals surface area (Å²) in [4.78, 5) is 2.50. The minimum Gasteiger partial charge on any atom is -0.504 e. The van der Waals surface area contributed by atoms with E-state index in [1.54, 1.807) is 6.07 Å². The van der Waals surface area contributed by atoms with Crippen LogP contribution in [0, 0.1) is 5.92 Å². The number of ether oxygens (including phenoxy) is 1. The highest BCUT2D eigenvalue weighted by molar-refractivity contribution is 5.41. The molecule has 0 atom stereocenters. The van der Waals surface area contributed by atoms with Gasteiger partial charge in [0.05, 0.1) is 6.61 Å². The first-order valence-corrected chi connectivity index (χ1v) is 8.95. The number of likely N-dealkylation sites (tertiary alicyclic amines) is 1. The Balaban J connectivity index is 1.51. The van der Waals surface area contributed by atoms with Crippen molar-refractivity contribution in [2.45, 2.75) is 32.7 Å². The molecule has 1 saturated heterocycles. The van der Waals surface area contributed by atoms with Crippen LogP contribution in [0.1, 0.15) is 30.9 Å². The lowest BCUT2D eigenvalue weighted by molar-refractivity contribution is 0.177. The molecule has 3 rings (SSSR count). The Morgan fingerprint density at radius 1 is 1.04 bits per heavy atom. The van der Waals surface area contributed by atoms with Crippen LogP contribution >= 0.6 is 0 Å². The highest BCUT2D eigenvalue weighted by atomic mass is 16.5. The van der Waals surface area contributed by atoms with Crippen molar-refractivity contribution in [3.05, 3.63) is 59.7 Å². The minimum absolute atomic E-state index is 0.224. The number of hydrogen-bond donors (Lipinski definition) is 1. The van der Waals surface area contributed by atoms with E-state index < -0.39 is 0 Å². The van der Waals surface area contributed by atoms with Crippen LogP contribution in [-0.4, -0.2) is 29.7 Å². The first kappa shape index (κ1) is 16.8. The predicted octanol–water partition coefficient (Wildman–Crippen LogP) is 4.25. The highest BCUT2D eigenvalue weighted by Gasteiger charge is 2.19. The maximum absolute atomic E-state index is 9.81. The Labute approximate surface area is 144 Å². The zero-order valence-electron chi connectivity index (χ0n) is 14.4. The number of piperidine rings is 1. The van der Waals surface area contributed by atoms with E-state index in [1.165, 1.54) is 30.4 Å². The molecule has 0 bridgehead atoms. The molecule has 1 fully saturated rings. The molecule has 0 aliphatic carbocycles. The predicted molar refractivity (Wildman–Crippen MR) is 97.4 cm³/mol. The van der Waals surface area contributed by atoms with Gasteiger partial charge >= 0.3 is 0 Å². The van der Waals surface area contributed by atoms with Crippen LogP contribution in [-0.2, 0) is 13.0 Å². The Kier molecular flexibility index (Phi) is 5.76. The van der Waals surface area contributed by atoms with Gasteiger partial charge in [0.1, 0.15) is 0 Å². The van der Waals surface area contributed by atoms with Crippen LogP contribution in [0.4, 0.5) is 0 Å². The van der Waals surface area contributed by atoms with Crippen LogP contribution in [0.15, 0.2) is 48.5 Å². The van der Waals surface area contributed by atoms with Gasteiger partial charge in [0.25, 0.3) is 0 Å². The second-order valence-electron chi connectivity index (χ2n) is 6.64. The van der Waals surface area contributed by atoms with Gasteiger partial charge in [-0.15, -0.1) is 0 Å². The maximum atomic E-state index is 9.81. The Morgan fingerprint density at radius 2 is 1.79 bits per heavy atom. The molecule has 24 heavy (non-hydrogen) atoms. The largest absolute Gasteiger partial charge is 0.504 e. The molecule has 2 aromatic carbocycles. The van der Waals surface area contributed by atoms with E-state index >= 15 is 0 Å². The van der Waals surface area contributed by atoms with E-state index in [-0.39, 0.29) is 5.75 Å². The lowest BCUT2D eigenvalue weighted by atomic mass is 9.90. The smallest absolute Gasteiger partial charge is 0.161 e. The number of hydrogen-bond acceptors (Lipinski definition) is 3. The average Bonchev–Trinajstić information content (AvgIpc) is 2.61. The van der Waals surface area contributed by atoms with Gasteiger partial charge in [-0.1, -0.05) is 36.4 Å². The van der Waals surface area contributed by atoms with E-state index in [0.29, 0.717) is 12.4 Å². The van der Waals surface area contributed by atoms with Gasteiger partial charge in [0.2, 0.25) is 0 Å². The fraction of sp³-hybridized carbons (Fsp3) is 0.429. The summed E-state index contributed by atoms with van der Waals surface area (Å²) >= 11 is 0. The fourth-order valence-corrected chi connectivity index (χ4v) is 3.48. The van der Waals surface area contributed by atoms with Crippen molar-refractivity contribution < 1.29 is 9.84 Å². The number of nitrogens with zero attached hydrogens (tertiary/aromatic N) is 1. The normalized spacial score (nSPS) is 16.2. The summed E-state index contributed by atoms with van der Waals surface area (Å²) in [5, 5.41) is 9.81. The lowest BCUT2D eigenvalue weighted by Crippen LogP contribution is -2.33. The number of phenolic OH excluding ortho intramolecular Hbond substituents is 1. The molecular formula is C21H27NO2. The molecular weight excluding hydrogens is 298 g/mol. The SMILES string of the molecule is CCOc1cc(CN2CCC(Cc3ccccc3)CC2)ccc1O. The van der Waals surface area contributed by atoms with Crippen LogP contribution in [0.3, 0.4) is 0 Å². The van der Waals surface area contributed by atoms with E-state index in [0.717, 1.165) is 25.6 Å². The molecule has 0 aromatic heterocycles. The van der Waals surface area contributed by atoms with Gasteiger partial charge in [-0.2, -0.15) is 0 Å². The van der Waals surface area contributed by atoms with E-state index in [1.807, 2.05) is 19.1 Å². The second kappa shape index (κ2) is 8.20. The highest BCUT2D eigenvalue weighted by Crippen LogP contribution is 2.28. The van der Waals surface area contributed by atoms with Gasteiger partial charge in [-0.25, -0.2) is 0 Å². The molecule has 1 aliphatic rings. The Hall–Kier alpha value is -2.00. The zero-order valence-corrected chi connectivity index (χ0v) is 14.4. The lowest BCUT2D eigenvalue weighted by Gasteiger charge is -2.32. The summed E-state index contributed by atoms with van der Waals surface area (Å²) in [6.45, 7) is 5.72. The molecule has 0 amide bonds. The number of benzene rings is 2. The molecule has 1 N–H and O–H groups in total. The molecule has 0 saturated carbocycles. The number of phenols is 1. The average molecular weight is 325 g/mol. The summed E-state index contributed by atoms with van der Waals surface area (Å²) in [7, 11) is 0. The first-order chi connectivity index (χ1) is 11.7. The zero-order chi connectivity index (χ0) is 16.8. The maximum Gasteiger partial charge on any atom is 0.161 e. The molecule has 1 heterocycles. The Morgan fingerprint density at radius 3 is 2.50 bits per heavy atom. The van der Waals surface area contributed by atoms with E-state index in [4.69, 9.17) is 4.74 Å². The third-order valence-electron chi connectivity index (χ3n) is 4.80. The topological polar surface area (TPSA) is 32.7 Å². The van der Waals surface area contributed by atoms with Gasteiger partial charge in [-0.3, -0.25) is 4.90 Å². The second-order valence-corrected chi connectivity index (χ2v) is 6.64.